The summed E-state index contributed by atoms with van der Waals surface area (Å²) < 4.78 is 0. The van der Waals surface area contributed by atoms with Crippen LogP contribution in [0.15, 0.2) is 29.8 Å². The molecule has 0 heterocycles. The Morgan fingerprint density at radius 3 is 2.41 bits per heavy atom. The number of carbonyl (C=O) groups is 1. The van der Waals surface area contributed by atoms with Crippen LogP contribution in [-0.2, 0) is 11.2 Å². The van der Waals surface area contributed by atoms with E-state index >= 15 is 0 Å². The van der Waals surface area contributed by atoms with Crippen molar-refractivity contribution in [3.8, 4) is 0 Å². The molecule has 1 heteroatoms. The van der Waals surface area contributed by atoms with Gasteiger partial charge in [-0.1, -0.05) is 35.4 Å². The SMILES string of the molecule is Cc1cc(C)cc(CC(=O)C2=CCCCC2)c1. The third kappa shape index (κ3) is 3.29. The van der Waals surface area contributed by atoms with Crippen molar-refractivity contribution in [2.75, 3.05) is 0 Å². The Morgan fingerprint density at radius 2 is 1.82 bits per heavy atom. The molecule has 0 aliphatic heterocycles. The summed E-state index contributed by atoms with van der Waals surface area (Å²) in [6.45, 7) is 4.17. The summed E-state index contributed by atoms with van der Waals surface area (Å²) in [5.41, 5.74) is 4.69. The first-order valence-corrected chi connectivity index (χ1v) is 6.44. The number of Topliss-reactive ketones (excluding diaryl/α,β-unsaturated/α-hetero) is 1. The molecule has 0 saturated carbocycles. The number of rotatable bonds is 3. The van der Waals surface area contributed by atoms with E-state index in [4.69, 9.17) is 0 Å². The number of ketones is 1. The predicted molar refractivity (Wildman–Crippen MR) is 71.2 cm³/mol. The number of aryl methyl sites for hydroxylation is 2. The highest BCUT2D eigenvalue weighted by molar-refractivity contribution is 5.96. The van der Waals surface area contributed by atoms with Crippen LogP contribution in [0.4, 0.5) is 0 Å². The lowest BCUT2D eigenvalue weighted by Crippen LogP contribution is -2.09. The lowest BCUT2D eigenvalue weighted by Gasteiger charge is -2.12. The van der Waals surface area contributed by atoms with Crippen LogP contribution in [0.3, 0.4) is 0 Å². The van der Waals surface area contributed by atoms with E-state index in [1.54, 1.807) is 0 Å². The average Bonchev–Trinajstić information content (AvgIpc) is 2.28. The zero-order valence-electron chi connectivity index (χ0n) is 10.8. The molecule has 0 unspecified atom stereocenters. The van der Waals surface area contributed by atoms with Gasteiger partial charge < -0.3 is 0 Å². The van der Waals surface area contributed by atoms with Crippen molar-refractivity contribution in [2.45, 2.75) is 46.0 Å². The number of hydrogen-bond donors (Lipinski definition) is 0. The molecule has 0 fully saturated rings. The number of benzene rings is 1. The quantitative estimate of drug-likeness (QED) is 0.766. The van der Waals surface area contributed by atoms with Crippen LogP contribution in [-0.4, -0.2) is 5.78 Å². The van der Waals surface area contributed by atoms with Crippen LogP contribution >= 0.6 is 0 Å². The maximum Gasteiger partial charge on any atom is 0.162 e. The monoisotopic (exact) mass is 228 g/mol. The average molecular weight is 228 g/mol. The smallest absolute Gasteiger partial charge is 0.162 e. The Labute approximate surface area is 104 Å². The van der Waals surface area contributed by atoms with Gasteiger partial charge in [0.2, 0.25) is 0 Å². The van der Waals surface area contributed by atoms with E-state index in [-0.39, 0.29) is 0 Å². The molecule has 1 aliphatic carbocycles. The minimum atomic E-state index is 0.315. The maximum absolute atomic E-state index is 12.1. The van der Waals surface area contributed by atoms with Gasteiger partial charge in [0.1, 0.15) is 0 Å². The normalized spacial score (nSPS) is 15.5. The molecule has 1 nitrogen and oxygen atoms in total. The van der Waals surface area contributed by atoms with E-state index in [1.807, 2.05) is 0 Å². The van der Waals surface area contributed by atoms with Crippen molar-refractivity contribution in [3.05, 3.63) is 46.5 Å². The van der Waals surface area contributed by atoms with E-state index in [0.717, 1.165) is 24.0 Å². The van der Waals surface area contributed by atoms with Gasteiger partial charge >= 0.3 is 0 Å². The van der Waals surface area contributed by atoms with Gasteiger partial charge in [-0.3, -0.25) is 4.79 Å². The summed E-state index contributed by atoms with van der Waals surface area (Å²) in [5, 5.41) is 0. The number of carbonyl (C=O) groups excluding carboxylic acids is 1. The zero-order chi connectivity index (χ0) is 12.3. The Kier molecular flexibility index (Phi) is 3.78. The summed E-state index contributed by atoms with van der Waals surface area (Å²) in [6, 6.07) is 6.39. The van der Waals surface area contributed by atoms with Crippen LogP contribution in [0.2, 0.25) is 0 Å². The van der Waals surface area contributed by atoms with Crippen LogP contribution in [0.1, 0.15) is 42.4 Å². The minimum absolute atomic E-state index is 0.315. The van der Waals surface area contributed by atoms with Crippen molar-refractivity contribution < 1.29 is 4.79 Å². The van der Waals surface area contributed by atoms with Crippen molar-refractivity contribution in [1.82, 2.24) is 0 Å². The van der Waals surface area contributed by atoms with Gasteiger partial charge in [-0.15, -0.1) is 0 Å². The van der Waals surface area contributed by atoms with Crippen molar-refractivity contribution in [2.24, 2.45) is 0 Å². The van der Waals surface area contributed by atoms with Gasteiger partial charge in [0.25, 0.3) is 0 Å². The van der Waals surface area contributed by atoms with Crippen molar-refractivity contribution >= 4 is 5.78 Å². The molecule has 0 atom stereocenters. The lowest BCUT2D eigenvalue weighted by atomic mass is 9.92. The standard InChI is InChI=1S/C16H20O/c1-12-8-13(2)10-14(9-12)11-16(17)15-6-4-3-5-7-15/h6,8-10H,3-5,7,11H2,1-2H3. The van der Waals surface area contributed by atoms with Gasteiger partial charge in [-0.05, 0) is 50.7 Å². The van der Waals surface area contributed by atoms with Gasteiger partial charge in [0.05, 0.1) is 0 Å². The molecule has 90 valence electrons. The van der Waals surface area contributed by atoms with Gasteiger partial charge in [-0.25, -0.2) is 0 Å². The highest BCUT2D eigenvalue weighted by atomic mass is 16.1. The largest absolute Gasteiger partial charge is 0.294 e. The fraction of sp³-hybridized carbons (Fsp3) is 0.438. The summed E-state index contributed by atoms with van der Waals surface area (Å²) in [4.78, 5) is 12.1. The molecule has 0 amide bonds. The molecule has 1 aromatic rings. The first-order chi connectivity index (χ1) is 8.15. The Morgan fingerprint density at radius 1 is 1.12 bits per heavy atom. The Hall–Kier alpha value is -1.37. The molecule has 0 radical (unpaired) electrons. The summed E-state index contributed by atoms with van der Waals surface area (Å²) in [5.74, 6) is 0.315. The molecule has 0 spiro atoms. The van der Waals surface area contributed by atoms with E-state index in [2.05, 4.69) is 38.1 Å². The third-order valence-corrected chi connectivity index (χ3v) is 3.30. The van der Waals surface area contributed by atoms with Gasteiger partial charge in [0.15, 0.2) is 5.78 Å². The summed E-state index contributed by atoms with van der Waals surface area (Å²) >= 11 is 0. The Bertz CT molecular complexity index is 434. The predicted octanol–water partition coefficient (Wildman–Crippen LogP) is 3.92. The second-order valence-electron chi connectivity index (χ2n) is 5.07. The molecule has 0 bridgehead atoms. The number of hydrogen-bond acceptors (Lipinski definition) is 1. The third-order valence-electron chi connectivity index (χ3n) is 3.30. The lowest BCUT2D eigenvalue weighted by molar-refractivity contribution is -0.115. The maximum atomic E-state index is 12.1. The van der Waals surface area contributed by atoms with E-state index in [9.17, 15) is 4.79 Å². The fourth-order valence-electron chi connectivity index (χ4n) is 2.56. The molecule has 1 aromatic carbocycles. The van der Waals surface area contributed by atoms with E-state index in [1.165, 1.54) is 24.0 Å². The highest BCUT2D eigenvalue weighted by Crippen LogP contribution is 2.20. The second-order valence-corrected chi connectivity index (χ2v) is 5.07. The van der Waals surface area contributed by atoms with E-state index in [0.29, 0.717) is 12.2 Å². The first-order valence-electron chi connectivity index (χ1n) is 6.44. The van der Waals surface area contributed by atoms with Gasteiger partial charge in [-0.2, -0.15) is 0 Å². The fourth-order valence-corrected chi connectivity index (χ4v) is 2.56. The second kappa shape index (κ2) is 5.31. The molecule has 17 heavy (non-hydrogen) atoms. The molecule has 0 aromatic heterocycles. The minimum Gasteiger partial charge on any atom is -0.294 e. The van der Waals surface area contributed by atoms with Crippen LogP contribution in [0.5, 0.6) is 0 Å². The first kappa shape index (κ1) is 12.1. The number of allylic oxidation sites excluding steroid dienone is 2. The van der Waals surface area contributed by atoms with Crippen LogP contribution in [0.25, 0.3) is 0 Å². The van der Waals surface area contributed by atoms with Crippen LogP contribution < -0.4 is 0 Å². The molecule has 1 aliphatic rings. The summed E-state index contributed by atoms with van der Waals surface area (Å²) in [6.07, 6.45) is 7.16. The Balaban J connectivity index is 2.09. The molecular formula is C16H20O. The highest BCUT2D eigenvalue weighted by Gasteiger charge is 2.12. The topological polar surface area (TPSA) is 17.1 Å². The molecular weight excluding hydrogens is 208 g/mol. The zero-order valence-corrected chi connectivity index (χ0v) is 10.8. The van der Waals surface area contributed by atoms with Crippen molar-refractivity contribution in [3.63, 3.8) is 0 Å². The van der Waals surface area contributed by atoms with Gasteiger partial charge in [0, 0.05) is 6.42 Å². The molecule has 2 rings (SSSR count). The van der Waals surface area contributed by atoms with E-state index < -0.39 is 0 Å². The summed E-state index contributed by atoms with van der Waals surface area (Å²) in [7, 11) is 0. The molecule has 0 N–H and O–H groups in total. The molecule has 0 saturated heterocycles. The van der Waals surface area contributed by atoms with Crippen LogP contribution in [0, 0.1) is 13.8 Å². The van der Waals surface area contributed by atoms with Crippen molar-refractivity contribution in [1.29, 1.82) is 0 Å².